The van der Waals surface area contributed by atoms with E-state index in [1.54, 1.807) is 19.1 Å². The normalized spacial score (nSPS) is 11.4. The molecular weight excluding hydrogens is 507 g/mol. The Morgan fingerprint density at radius 1 is 1.00 bits per heavy atom. The predicted octanol–water partition coefficient (Wildman–Crippen LogP) is 6.10. The lowest BCUT2D eigenvalue weighted by Gasteiger charge is -2.18. The van der Waals surface area contributed by atoms with Crippen LogP contribution < -0.4 is 10.1 Å². The monoisotopic (exact) mass is 538 g/mol. The van der Waals surface area contributed by atoms with Gasteiger partial charge in [0.1, 0.15) is 23.4 Å². The molecule has 8 heteroatoms. The third-order valence-corrected chi connectivity index (χ3v) is 5.92. The summed E-state index contributed by atoms with van der Waals surface area (Å²) in [5.74, 6) is 1.53. The summed E-state index contributed by atoms with van der Waals surface area (Å²) in [6.45, 7) is 4.89. The van der Waals surface area contributed by atoms with Crippen molar-refractivity contribution in [1.82, 2.24) is 10.3 Å². The largest absolute Gasteiger partial charge is 0.493 e. The number of hydrogen-bond acceptors (Lipinski definition) is 6. The van der Waals surface area contributed by atoms with Gasteiger partial charge in [0, 0.05) is 18.5 Å². The van der Waals surface area contributed by atoms with Crippen LogP contribution in [0.4, 0.5) is 4.39 Å². The molecule has 1 heterocycles. The molecule has 1 N–H and O–H groups in total. The van der Waals surface area contributed by atoms with Crippen LogP contribution in [0, 0.1) is 12.7 Å². The SMILES string of the molecule is CCOC(=O)[C@H](Cc1ccc(OCCc2nc(-c3ccccc3)oc2C)cc1)NCc1ccc(F)cc1.Cl. The Hall–Kier alpha value is -3.68. The zero-order valence-corrected chi connectivity index (χ0v) is 22.3. The van der Waals surface area contributed by atoms with Crippen LogP contribution in [0.3, 0.4) is 0 Å². The van der Waals surface area contributed by atoms with Gasteiger partial charge in [-0.05, 0) is 67.8 Å². The van der Waals surface area contributed by atoms with E-state index < -0.39 is 6.04 Å². The molecule has 1 atom stereocenters. The first kappa shape index (κ1) is 28.9. The van der Waals surface area contributed by atoms with E-state index in [4.69, 9.17) is 13.9 Å². The van der Waals surface area contributed by atoms with Gasteiger partial charge in [0.2, 0.25) is 5.89 Å². The van der Waals surface area contributed by atoms with E-state index in [1.807, 2.05) is 61.5 Å². The molecule has 0 radical (unpaired) electrons. The third-order valence-electron chi connectivity index (χ3n) is 5.92. The average Bonchev–Trinajstić information content (AvgIpc) is 3.29. The fraction of sp³-hybridized carbons (Fsp3) is 0.267. The minimum Gasteiger partial charge on any atom is -0.493 e. The van der Waals surface area contributed by atoms with E-state index in [1.165, 1.54) is 12.1 Å². The molecule has 1 aromatic heterocycles. The van der Waals surface area contributed by atoms with Gasteiger partial charge in [-0.2, -0.15) is 0 Å². The fourth-order valence-electron chi connectivity index (χ4n) is 3.91. The van der Waals surface area contributed by atoms with Gasteiger partial charge < -0.3 is 19.2 Å². The number of halogens is 2. The summed E-state index contributed by atoms with van der Waals surface area (Å²) < 4.78 is 30.2. The first-order chi connectivity index (χ1) is 18.0. The molecule has 0 aliphatic rings. The summed E-state index contributed by atoms with van der Waals surface area (Å²) in [7, 11) is 0. The van der Waals surface area contributed by atoms with Crippen LogP contribution in [-0.2, 0) is 28.9 Å². The Bertz CT molecular complexity index is 1280. The molecule has 4 aromatic rings. The minimum atomic E-state index is -0.522. The van der Waals surface area contributed by atoms with E-state index in [9.17, 15) is 9.18 Å². The topological polar surface area (TPSA) is 73.6 Å². The fourth-order valence-corrected chi connectivity index (χ4v) is 3.91. The number of aryl methyl sites for hydroxylation is 1. The van der Waals surface area contributed by atoms with Crippen molar-refractivity contribution in [3.63, 3.8) is 0 Å². The number of esters is 1. The minimum absolute atomic E-state index is 0. The van der Waals surface area contributed by atoms with Crippen LogP contribution in [-0.4, -0.2) is 30.2 Å². The maximum atomic E-state index is 13.2. The first-order valence-electron chi connectivity index (χ1n) is 12.4. The second kappa shape index (κ2) is 14.3. The number of benzene rings is 3. The van der Waals surface area contributed by atoms with Crippen LogP contribution in [0.15, 0.2) is 83.3 Å². The van der Waals surface area contributed by atoms with Gasteiger partial charge >= 0.3 is 5.97 Å². The molecule has 0 saturated heterocycles. The molecule has 0 spiro atoms. The highest BCUT2D eigenvalue weighted by molar-refractivity contribution is 5.85. The molecule has 0 bridgehead atoms. The van der Waals surface area contributed by atoms with E-state index in [0.29, 0.717) is 38.5 Å². The van der Waals surface area contributed by atoms with Gasteiger partial charge in [0.15, 0.2) is 0 Å². The smallest absolute Gasteiger partial charge is 0.323 e. The first-order valence-corrected chi connectivity index (χ1v) is 12.4. The highest BCUT2D eigenvalue weighted by atomic mass is 35.5. The molecule has 0 unspecified atom stereocenters. The zero-order chi connectivity index (χ0) is 26.0. The number of rotatable bonds is 12. The molecule has 0 amide bonds. The van der Waals surface area contributed by atoms with Crippen molar-refractivity contribution in [2.24, 2.45) is 0 Å². The van der Waals surface area contributed by atoms with Gasteiger partial charge in [0.25, 0.3) is 0 Å². The molecule has 0 fully saturated rings. The number of aromatic nitrogens is 1. The predicted molar refractivity (Wildman–Crippen MR) is 147 cm³/mol. The van der Waals surface area contributed by atoms with Gasteiger partial charge in [-0.15, -0.1) is 12.4 Å². The number of carbonyl (C=O) groups is 1. The number of nitrogens with zero attached hydrogens (tertiary/aromatic N) is 1. The summed E-state index contributed by atoms with van der Waals surface area (Å²) in [4.78, 5) is 17.1. The summed E-state index contributed by atoms with van der Waals surface area (Å²) in [6.07, 6.45) is 1.09. The highest BCUT2D eigenvalue weighted by Crippen LogP contribution is 2.22. The van der Waals surface area contributed by atoms with Crippen LogP contribution in [0.5, 0.6) is 5.75 Å². The Morgan fingerprint density at radius 3 is 2.37 bits per heavy atom. The maximum absolute atomic E-state index is 13.2. The van der Waals surface area contributed by atoms with Crippen molar-refractivity contribution >= 4 is 18.4 Å². The molecular formula is C30H32ClFN2O4. The van der Waals surface area contributed by atoms with Crippen molar-refractivity contribution in [1.29, 1.82) is 0 Å². The average molecular weight is 539 g/mol. The Balaban J connectivity index is 0.00000400. The lowest BCUT2D eigenvalue weighted by atomic mass is 10.1. The molecule has 38 heavy (non-hydrogen) atoms. The number of oxazole rings is 1. The standard InChI is InChI=1S/C30H31FN2O4.ClH/c1-3-35-30(34)28(32-20-23-9-13-25(31)14-10-23)19-22-11-15-26(16-12-22)36-18-17-27-21(2)37-29(33-27)24-7-5-4-6-8-24;/h4-16,28,32H,3,17-20H2,1-2H3;1H/t28-;/m0./s1. The van der Waals surface area contributed by atoms with E-state index in [2.05, 4.69) is 10.3 Å². The van der Waals surface area contributed by atoms with Crippen molar-refractivity contribution in [2.45, 2.75) is 39.3 Å². The van der Waals surface area contributed by atoms with Crippen LogP contribution >= 0.6 is 12.4 Å². The Kier molecular flexibility index (Phi) is 10.9. The summed E-state index contributed by atoms with van der Waals surface area (Å²) in [6, 6.07) is 23.1. The lowest BCUT2D eigenvalue weighted by Crippen LogP contribution is -2.39. The number of hydrogen-bond donors (Lipinski definition) is 1. The van der Waals surface area contributed by atoms with Crippen LogP contribution in [0.25, 0.3) is 11.5 Å². The quantitative estimate of drug-likeness (QED) is 0.220. The van der Waals surface area contributed by atoms with Gasteiger partial charge in [0.05, 0.1) is 18.9 Å². The van der Waals surface area contributed by atoms with E-state index in [0.717, 1.165) is 33.9 Å². The number of nitrogens with one attached hydrogen (secondary N) is 1. The molecule has 0 saturated carbocycles. The number of carbonyl (C=O) groups excluding carboxylic acids is 1. The Morgan fingerprint density at radius 2 is 1.68 bits per heavy atom. The lowest BCUT2D eigenvalue weighted by molar-refractivity contribution is -0.145. The zero-order valence-electron chi connectivity index (χ0n) is 21.5. The molecule has 6 nitrogen and oxygen atoms in total. The summed E-state index contributed by atoms with van der Waals surface area (Å²) in [5, 5.41) is 3.23. The van der Waals surface area contributed by atoms with Crippen LogP contribution in [0.1, 0.15) is 29.5 Å². The highest BCUT2D eigenvalue weighted by Gasteiger charge is 2.20. The van der Waals surface area contributed by atoms with Gasteiger partial charge in [-0.3, -0.25) is 4.79 Å². The second-order valence-electron chi connectivity index (χ2n) is 8.65. The Labute approximate surface area is 228 Å². The third kappa shape index (κ3) is 8.16. The van der Waals surface area contributed by atoms with Gasteiger partial charge in [-0.1, -0.05) is 42.5 Å². The van der Waals surface area contributed by atoms with Crippen molar-refractivity contribution in [3.8, 4) is 17.2 Å². The molecule has 200 valence electrons. The van der Waals surface area contributed by atoms with E-state index in [-0.39, 0.29) is 24.2 Å². The summed E-state index contributed by atoms with van der Waals surface area (Å²) >= 11 is 0. The summed E-state index contributed by atoms with van der Waals surface area (Å²) in [5.41, 5.74) is 3.68. The van der Waals surface area contributed by atoms with Crippen molar-refractivity contribution < 1.29 is 23.1 Å². The second-order valence-corrected chi connectivity index (χ2v) is 8.65. The van der Waals surface area contributed by atoms with Gasteiger partial charge in [-0.25, -0.2) is 9.37 Å². The van der Waals surface area contributed by atoms with Crippen molar-refractivity contribution in [2.75, 3.05) is 13.2 Å². The molecule has 3 aromatic carbocycles. The maximum Gasteiger partial charge on any atom is 0.323 e. The number of ether oxygens (including phenoxy) is 2. The van der Waals surface area contributed by atoms with E-state index >= 15 is 0 Å². The molecule has 0 aliphatic heterocycles. The molecule has 0 aliphatic carbocycles. The molecule has 4 rings (SSSR count). The van der Waals surface area contributed by atoms with Crippen molar-refractivity contribution in [3.05, 3.63) is 107 Å². The van der Waals surface area contributed by atoms with Crippen LogP contribution in [0.2, 0.25) is 0 Å².